The summed E-state index contributed by atoms with van der Waals surface area (Å²) in [6.45, 7) is 8.52. The van der Waals surface area contributed by atoms with Gasteiger partial charge < -0.3 is 15.0 Å². The molecule has 1 aromatic carbocycles. The van der Waals surface area contributed by atoms with Crippen molar-refractivity contribution < 1.29 is 4.74 Å². The molecule has 0 spiro atoms. The topological polar surface area (TPSA) is 24.5 Å². The van der Waals surface area contributed by atoms with Gasteiger partial charge >= 0.3 is 0 Å². The van der Waals surface area contributed by atoms with Gasteiger partial charge in [0, 0.05) is 32.3 Å². The van der Waals surface area contributed by atoms with E-state index in [9.17, 15) is 0 Å². The Morgan fingerprint density at radius 3 is 2.90 bits per heavy atom. The highest BCUT2D eigenvalue weighted by atomic mass is 16.5. The smallest absolute Gasteiger partial charge is 0.0478 e. The average Bonchev–Trinajstić information content (AvgIpc) is 2.74. The number of hydrogen-bond acceptors (Lipinski definition) is 3. The molecule has 0 bridgehead atoms. The fourth-order valence-electron chi connectivity index (χ4n) is 2.74. The normalized spacial score (nSPS) is 20.8. The lowest BCUT2D eigenvalue weighted by atomic mass is 10.1. The van der Waals surface area contributed by atoms with Crippen molar-refractivity contribution in [2.75, 3.05) is 39.4 Å². The van der Waals surface area contributed by atoms with Crippen molar-refractivity contribution >= 4 is 0 Å². The Balaban J connectivity index is 1.78. The molecule has 2 rings (SSSR count). The molecule has 20 heavy (non-hydrogen) atoms. The number of nitrogens with zero attached hydrogens (tertiary/aromatic N) is 1. The van der Waals surface area contributed by atoms with Gasteiger partial charge in [0.2, 0.25) is 0 Å². The SMILES string of the molecule is CCCOCCCN1CCCNC(c2ccccc2)C1. The quantitative estimate of drug-likeness (QED) is 0.775. The highest BCUT2D eigenvalue weighted by Gasteiger charge is 2.18. The van der Waals surface area contributed by atoms with Crippen LogP contribution in [-0.2, 0) is 4.74 Å². The first kappa shape index (κ1) is 15.5. The summed E-state index contributed by atoms with van der Waals surface area (Å²) in [5.41, 5.74) is 1.40. The first-order valence-corrected chi connectivity index (χ1v) is 7.98. The van der Waals surface area contributed by atoms with Gasteiger partial charge in [0.25, 0.3) is 0 Å². The summed E-state index contributed by atoms with van der Waals surface area (Å²) in [6, 6.07) is 11.3. The zero-order valence-electron chi connectivity index (χ0n) is 12.7. The molecule has 0 aliphatic carbocycles. The molecule has 0 radical (unpaired) electrons. The molecule has 1 atom stereocenters. The van der Waals surface area contributed by atoms with Crippen LogP contribution < -0.4 is 5.32 Å². The fourth-order valence-corrected chi connectivity index (χ4v) is 2.74. The summed E-state index contributed by atoms with van der Waals surface area (Å²) in [4.78, 5) is 2.58. The summed E-state index contributed by atoms with van der Waals surface area (Å²) in [6.07, 6.45) is 3.49. The minimum absolute atomic E-state index is 0.468. The number of ether oxygens (including phenoxy) is 1. The second-order valence-corrected chi connectivity index (χ2v) is 5.54. The molecule has 1 aliphatic rings. The third-order valence-corrected chi connectivity index (χ3v) is 3.80. The van der Waals surface area contributed by atoms with Crippen molar-refractivity contribution in [2.45, 2.75) is 32.2 Å². The van der Waals surface area contributed by atoms with Crippen LogP contribution in [0.4, 0.5) is 0 Å². The molecule has 1 fully saturated rings. The maximum absolute atomic E-state index is 5.57. The van der Waals surface area contributed by atoms with Crippen LogP contribution in [0, 0.1) is 0 Å². The number of nitrogens with one attached hydrogen (secondary N) is 1. The van der Waals surface area contributed by atoms with Gasteiger partial charge in [-0.25, -0.2) is 0 Å². The van der Waals surface area contributed by atoms with E-state index in [0.717, 1.165) is 45.7 Å². The average molecular weight is 276 g/mol. The van der Waals surface area contributed by atoms with Gasteiger partial charge in [-0.1, -0.05) is 37.3 Å². The van der Waals surface area contributed by atoms with Crippen molar-refractivity contribution in [3.05, 3.63) is 35.9 Å². The summed E-state index contributed by atoms with van der Waals surface area (Å²) >= 11 is 0. The Morgan fingerprint density at radius 1 is 1.25 bits per heavy atom. The van der Waals surface area contributed by atoms with Crippen molar-refractivity contribution in [3.63, 3.8) is 0 Å². The predicted octanol–water partition coefficient (Wildman–Crippen LogP) is 2.84. The number of benzene rings is 1. The third-order valence-electron chi connectivity index (χ3n) is 3.80. The van der Waals surface area contributed by atoms with Crippen LogP contribution in [0.15, 0.2) is 30.3 Å². The molecular formula is C17H28N2O. The molecule has 3 nitrogen and oxygen atoms in total. The van der Waals surface area contributed by atoms with Crippen LogP contribution in [0.3, 0.4) is 0 Å². The zero-order chi connectivity index (χ0) is 14.0. The highest BCUT2D eigenvalue weighted by Crippen LogP contribution is 2.16. The molecule has 112 valence electrons. The largest absolute Gasteiger partial charge is 0.381 e. The van der Waals surface area contributed by atoms with E-state index < -0.39 is 0 Å². The van der Waals surface area contributed by atoms with E-state index in [1.165, 1.54) is 18.5 Å². The first-order chi connectivity index (χ1) is 9.90. The lowest BCUT2D eigenvalue weighted by molar-refractivity contribution is 0.120. The second kappa shape index (κ2) is 9.11. The van der Waals surface area contributed by atoms with Gasteiger partial charge in [0.05, 0.1) is 0 Å². The molecular weight excluding hydrogens is 248 g/mol. The van der Waals surface area contributed by atoms with Crippen LogP contribution in [0.1, 0.15) is 37.8 Å². The van der Waals surface area contributed by atoms with Gasteiger partial charge in [-0.3, -0.25) is 0 Å². The molecule has 1 unspecified atom stereocenters. The maximum atomic E-state index is 5.57. The summed E-state index contributed by atoms with van der Waals surface area (Å²) in [5.74, 6) is 0. The fraction of sp³-hybridized carbons (Fsp3) is 0.647. The van der Waals surface area contributed by atoms with Gasteiger partial charge in [-0.05, 0) is 37.9 Å². The van der Waals surface area contributed by atoms with Crippen molar-refractivity contribution in [3.8, 4) is 0 Å². The molecule has 1 N–H and O–H groups in total. The Kier molecular flexibility index (Phi) is 7.06. The van der Waals surface area contributed by atoms with Crippen LogP contribution in [0.2, 0.25) is 0 Å². The Bertz CT molecular complexity index is 355. The number of hydrogen-bond donors (Lipinski definition) is 1. The Morgan fingerprint density at radius 2 is 2.10 bits per heavy atom. The Hall–Kier alpha value is -0.900. The van der Waals surface area contributed by atoms with Gasteiger partial charge in [0.1, 0.15) is 0 Å². The summed E-state index contributed by atoms with van der Waals surface area (Å²) < 4.78 is 5.57. The molecule has 0 aromatic heterocycles. The molecule has 3 heteroatoms. The molecule has 1 aliphatic heterocycles. The van der Waals surface area contributed by atoms with E-state index in [2.05, 4.69) is 47.5 Å². The molecule has 1 saturated heterocycles. The summed E-state index contributed by atoms with van der Waals surface area (Å²) in [5, 5.41) is 3.67. The maximum Gasteiger partial charge on any atom is 0.0478 e. The van der Waals surface area contributed by atoms with E-state index >= 15 is 0 Å². The highest BCUT2D eigenvalue weighted by molar-refractivity contribution is 5.19. The van der Waals surface area contributed by atoms with Gasteiger partial charge in [-0.15, -0.1) is 0 Å². The lowest BCUT2D eigenvalue weighted by Gasteiger charge is -2.24. The van der Waals surface area contributed by atoms with E-state index in [-0.39, 0.29) is 0 Å². The predicted molar refractivity (Wildman–Crippen MR) is 84.0 cm³/mol. The van der Waals surface area contributed by atoms with E-state index in [1.807, 2.05) is 0 Å². The monoisotopic (exact) mass is 276 g/mol. The van der Waals surface area contributed by atoms with Gasteiger partial charge in [0.15, 0.2) is 0 Å². The van der Waals surface area contributed by atoms with Crippen molar-refractivity contribution in [1.82, 2.24) is 10.2 Å². The van der Waals surface area contributed by atoms with E-state index in [4.69, 9.17) is 4.74 Å². The third kappa shape index (κ3) is 5.23. The van der Waals surface area contributed by atoms with E-state index in [0.29, 0.717) is 6.04 Å². The molecule has 1 aromatic rings. The van der Waals surface area contributed by atoms with Crippen molar-refractivity contribution in [1.29, 1.82) is 0 Å². The van der Waals surface area contributed by atoms with Crippen LogP contribution in [0.5, 0.6) is 0 Å². The second-order valence-electron chi connectivity index (χ2n) is 5.54. The molecule has 0 saturated carbocycles. The van der Waals surface area contributed by atoms with Crippen molar-refractivity contribution in [2.24, 2.45) is 0 Å². The summed E-state index contributed by atoms with van der Waals surface area (Å²) in [7, 11) is 0. The lowest BCUT2D eigenvalue weighted by Crippen LogP contribution is -2.32. The van der Waals surface area contributed by atoms with Gasteiger partial charge in [-0.2, -0.15) is 0 Å². The molecule has 1 heterocycles. The van der Waals surface area contributed by atoms with E-state index in [1.54, 1.807) is 0 Å². The standard InChI is InChI=1S/C17H28N2O/c1-2-13-20-14-7-12-19-11-6-10-18-17(15-19)16-8-4-3-5-9-16/h3-5,8-9,17-18H,2,6-7,10-15H2,1H3. The van der Waals surface area contributed by atoms with Crippen LogP contribution in [0.25, 0.3) is 0 Å². The minimum Gasteiger partial charge on any atom is -0.381 e. The minimum atomic E-state index is 0.468. The number of rotatable bonds is 7. The van der Waals surface area contributed by atoms with Crippen LogP contribution in [-0.4, -0.2) is 44.3 Å². The van der Waals surface area contributed by atoms with Crippen LogP contribution >= 0.6 is 0 Å². The Labute approximate surface area is 123 Å². The molecule has 0 amide bonds. The first-order valence-electron chi connectivity index (χ1n) is 7.98. The zero-order valence-corrected chi connectivity index (χ0v) is 12.7.